The third kappa shape index (κ3) is 4.84. The van der Waals surface area contributed by atoms with E-state index < -0.39 is 52.7 Å². The van der Waals surface area contributed by atoms with E-state index in [0.29, 0.717) is 24.2 Å². The van der Waals surface area contributed by atoms with Gasteiger partial charge in [0.05, 0.1) is 32.8 Å². The second kappa shape index (κ2) is 12.2. The first-order chi connectivity index (χ1) is 22.9. The summed E-state index contributed by atoms with van der Waals surface area (Å²) in [4.78, 5) is 29.7. The maximum atomic E-state index is 15.2. The fourth-order valence-corrected chi connectivity index (χ4v) is 7.67. The molecule has 7 atom stereocenters. The Kier molecular flexibility index (Phi) is 8.47. The van der Waals surface area contributed by atoms with E-state index in [1.165, 1.54) is 45.3 Å². The SMILES string of the molecule is CCC(C)(O)C(=O)N[C@@H]1CCCN1C(=O)[C@@H]1[C@@H](c2ccccc2)[C@]2(c3ccc(OC)c(O)c3)Oc3cc(OC)cc(OC)c3[C@@]1(O)[C@@H]2O. The van der Waals surface area contributed by atoms with Gasteiger partial charge in [-0.3, -0.25) is 9.59 Å². The first-order valence-corrected chi connectivity index (χ1v) is 16.0. The summed E-state index contributed by atoms with van der Waals surface area (Å²) >= 11 is 0. The molecule has 0 aromatic heterocycles. The van der Waals surface area contributed by atoms with Gasteiger partial charge in [-0.1, -0.05) is 43.3 Å². The largest absolute Gasteiger partial charge is 0.504 e. The number of likely N-dealkylation sites (tertiary alicyclic amines) is 1. The lowest BCUT2D eigenvalue weighted by Gasteiger charge is -2.45. The lowest BCUT2D eigenvalue weighted by Crippen LogP contribution is -2.57. The zero-order valence-corrected chi connectivity index (χ0v) is 27.6. The first kappa shape index (κ1) is 33.4. The maximum Gasteiger partial charge on any atom is 0.253 e. The zero-order valence-electron chi connectivity index (χ0n) is 27.6. The van der Waals surface area contributed by atoms with Crippen LogP contribution in [0.3, 0.4) is 0 Å². The monoisotopic (exact) mass is 662 g/mol. The van der Waals surface area contributed by atoms with E-state index in [4.69, 9.17) is 18.9 Å². The standard InChI is InChI=1S/C36H42N2O10/c1-6-34(2,43)33(42)37-27-13-10-16-38(27)31(40)30-28(20-11-8-7-9-12-20)36(21-14-15-24(46-4)23(39)17-21)32(41)35(30,44)29-25(47-5)18-22(45-3)19-26(29)48-36/h7-9,11-12,14-15,17-19,27-28,30,32,39,41,43-44H,6,10,13,16H2,1-5H3,(H,37,42)/t27-,28+,30-,32-,34?,35-,36-/m0/s1. The van der Waals surface area contributed by atoms with Crippen molar-refractivity contribution in [2.45, 2.75) is 68.1 Å². The third-order valence-corrected chi connectivity index (χ3v) is 10.3. The van der Waals surface area contributed by atoms with Gasteiger partial charge >= 0.3 is 0 Å². The molecule has 256 valence electrons. The summed E-state index contributed by atoms with van der Waals surface area (Å²) in [5, 5.41) is 50.2. The summed E-state index contributed by atoms with van der Waals surface area (Å²) in [7, 11) is 4.28. The van der Waals surface area contributed by atoms with Gasteiger partial charge in [0.1, 0.15) is 40.7 Å². The molecule has 48 heavy (non-hydrogen) atoms. The van der Waals surface area contributed by atoms with Gasteiger partial charge in [0.25, 0.3) is 5.91 Å². The minimum Gasteiger partial charge on any atom is -0.504 e. The van der Waals surface area contributed by atoms with Crippen LogP contribution >= 0.6 is 0 Å². The first-order valence-electron chi connectivity index (χ1n) is 16.0. The van der Waals surface area contributed by atoms with Crippen LogP contribution in [0, 0.1) is 5.92 Å². The van der Waals surface area contributed by atoms with Gasteiger partial charge in [-0.05, 0) is 43.9 Å². The van der Waals surface area contributed by atoms with E-state index in [9.17, 15) is 25.2 Å². The molecule has 1 aliphatic carbocycles. The van der Waals surface area contributed by atoms with Crippen molar-refractivity contribution in [1.29, 1.82) is 0 Å². The van der Waals surface area contributed by atoms with E-state index in [1.54, 1.807) is 49.4 Å². The van der Waals surface area contributed by atoms with Crippen molar-refractivity contribution in [1.82, 2.24) is 10.2 Å². The molecule has 3 aromatic rings. The Hall–Kier alpha value is -4.52. The predicted octanol–water partition coefficient (Wildman–Crippen LogP) is 2.89. The van der Waals surface area contributed by atoms with Crippen LogP contribution in [-0.2, 0) is 20.8 Å². The van der Waals surface area contributed by atoms with Gasteiger partial charge in [0.2, 0.25) is 5.91 Å². The highest BCUT2D eigenvalue weighted by atomic mass is 16.5. The van der Waals surface area contributed by atoms with Crippen molar-refractivity contribution in [2.24, 2.45) is 5.92 Å². The number of hydrogen-bond donors (Lipinski definition) is 5. The van der Waals surface area contributed by atoms with Crippen LogP contribution in [-0.4, -0.2) is 82.9 Å². The number of rotatable bonds is 9. The quantitative estimate of drug-likeness (QED) is 0.230. The topological polar surface area (TPSA) is 167 Å². The minimum atomic E-state index is -2.32. The lowest BCUT2D eigenvalue weighted by molar-refractivity contribution is -0.168. The molecule has 0 radical (unpaired) electrons. The van der Waals surface area contributed by atoms with Crippen LogP contribution < -0.4 is 24.3 Å². The molecule has 0 spiro atoms. The van der Waals surface area contributed by atoms with Crippen molar-refractivity contribution >= 4 is 11.8 Å². The van der Waals surface area contributed by atoms with Crippen LogP contribution in [0.15, 0.2) is 60.7 Å². The smallest absolute Gasteiger partial charge is 0.253 e. The summed E-state index contributed by atoms with van der Waals surface area (Å²) in [5.41, 5.74) is -4.87. The normalized spacial score (nSPS) is 28.5. The zero-order chi connectivity index (χ0) is 34.6. The molecule has 6 rings (SSSR count). The molecule has 2 heterocycles. The summed E-state index contributed by atoms with van der Waals surface area (Å²) in [5.74, 6) is -3.05. The number of methoxy groups -OCH3 is 3. The molecular formula is C36H42N2O10. The van der Waals surface area contributed by atoms with E-state index in [0.717, 1.165) is 0 Å². The minimum absolute atomic E-state index is 0.0668. The fourth-order valence-electron chi connectivity index (χ4n) is 7.67. The van der Waals surface area contributed by atoms with Gasteiger partial charge in [-0.25, -0.2) is 0 Å². The summed E-state index contributed by atoms with van der Waals surface area (Å²) < 4.78 is 23.4. The highest BCUT2D eigenvalue weighted by molar-refractivity contribution is 5.87. The number of aliphatic hydroxyl groups excluding tert-OH is 1. The third-order valence-electron chi connectivity index (χ3n) is 10.3. The van der Waals surface area contributed by atoms with Gasteiger partial charge in [-0.15, -0.1) is 0 Å². The second-order valence-electron chi connectivity index (χ2n) is 12.9. The van der Waals surface area contributed by atoms with E-state index in [2.05, 4.69) is 5.32 Å². The number of hydrogen-bond acceptors (Lipinski definition) is 10. The van der Waals surface area contributed by atoms with Crippen molar-refractivity contribution in [3.8, 4) is 28.7 Å². The number of fused-ring (bicyclic) bond motifs is 4. The van der Waals surface area contributed by atoms with Crippen LogP contribution in [0.4, 0.5) is 0 Å². The molecular weight excluding hydrogens is 620 g/mol. The molecule has 2 aliphatic heterocycles. The van der Waals surface area contributed by atoms with Crippen molar-refractivity contribution in [3.63, 3.8) is 0 Å². The highest BCUT2D eigenvalue weighted by Crippen LogP contribution is 2.68. The van der Waals surface area contributed by atoms with Crippen LogP contribution in [0.1, 0.15) is 55.7 Å². The van der Waals surface area contributed by atoms with Gasteiger partial charge in [0, 0.05) is 30.2 Å². The molecule has 1 saturated carbocycles. The van der Waals surface area contributed by atoms with E-state index >= 15 is 4.79 Å². The van der Waals surface area contributed by atoms with E-state index in [1.807, 2.05) is 6.07 Å². The number of phenolic OH excluding ortho intramolecular Hbond substituents is 1. The number of carbonyl (C=O) groups excluding carboxylic acids is 2. The number of aliphatic hydroxyl groups is 3. The van der Waals surface area contributed by atoms with Crippen molar-refractivity contribution in [3.05, 3.63) is 77.4 Å². The Morgan fingerprint density at radius 3 is 2.38 bits per heavy atom. The molecule has 1 unspecified atom stereocenters. The van der Waals surface area contributed by atoms with Crippen molar-refractivity contribution in [2.75, 3.05) is 27.9 Å². The molecule has 12 heteroatoms. The molecule has 3 aliphatic rings. The predicted molar refractivity (Wildman–Crippen MR) is 173 cm³/mol. The number of amides is 2. The second-order valence-corrected chi connectivity index (χ2v) is 12.9. The molecule has 3 aromatic carbocycles. The van der Waals surface area contributed by atoms with Crippen molar-refractivity contribution < 1.29 is 49.0 Å². The molecule has 12 nitrogen and oxygen atoms in total. The molecule has 2 bridgehead atoms. The molecule has 1 saturated heterocycles. The van der Waals surface area contributed by atoms with Crippen LogP contribution in [0.2, 0.25) is 0 Å². The van der Waals surface area contributed by atoms with E-state index in [-0.39, 0.29) is 47.1 Å². The van der Waals surface area contributed by atoms with Crippen LogP contribution in [0.5, 0.6) is 28.7 Å². The Bertz CT molecular complexity index is 1710. The summed E-state index contributed by atoms with van der Waals surface area (Å²) in [6.45, 7) is 3.36. The van der Waals surface area contributed by atoms with Gasteiger partial charge < -0.3 is 49.6 Å². The number of nitrogens with zero attached hydrogens (tertiary/aromatic N) is 1. The number of carbonyl (C=O) groups is 2. The van der Waals surface area contributed by atoms with Crippen LogP contribution in [0.25, 0.3) is 0 Å². The summed E-state index contributed by atoms with van der Waals surface area (Å²) in [6.07, 6.45) is -1.41. The molecule has 2 amide bonds. The Morgan fingerprint density at radius 2 is 1.75 bits per heavy atom. The molecule has 5 N–H and O–H groups in total. The average Bonchev–Trinajstić information content (AvgIpc) is 3.60. The summed E-state index contributed by atoms with van der Waals surface area (Å²) in [6, 6.07) is 16.6. The Morgan fingerprint density at radius 1 is 1.04 bits per heavy atom. The number of benzene rings is 3. The number of ether oxygens (including phenoxy) is 4. The number of nitrogens with one attached hydrogen (secondary N) is 1. The average molecular weight is 663 g/mol. The number of phenols is 1. The highest BCUT2D eigenvalue weighted by Gasteiger charge is 2.76. The van der Waals surface area contributed by atoms with Gasteiger partial charge in [0.15, 0.2) is 17.1 Å². The fraction of sp³-hybridized carbons (Fsp3) is 0.444. The lowest BCUT2D eigenvalue weighted by atomic mass is 9.75. The molecule has 2 fully saturated rings. The van der Waals surface area contributed by atoms with Gasteiger partial charge in [-0.2, -0.15) is 0 Å². The Balaban J connectivity index is 1.61. The maximum absolute atomic E-state index is 15.2. The Labute approximate surface area is 278 Å². The number of aromatic hydroxyl groups is 1.